The lowest BCUT2D eigenvalue weighted by Gasteiger charge is -2.16. The molecule has 0 fully saturated rings. The number of hydrogen-bond donors (Lipinski definition) is 2. The van der Waals surface area contributed by atoms with E-state index in [-0.39, 0.29) is 6.61 Å². The lowest BCUT2D eigenvalue weighted by atomic mass is 10.0. The second-order valence-electron chi connectivity index (χ2n) is 2.81. The van der Waals surface area contributed by atoms with Gasteiger partial charge in [0.15, 0.2) is 5.92 Å². The van der Waals surface area contributed by atoms with Crippen molar-refractivity contribution >= 4 is 11.9 Å². The van der Waals surface area contributed by atoms with Crippen molar-refractivity contribution < 1.29 is 33.3 Å². The number of esters is 1. The van der Waals surface area contributed by atoms with Crippen LogP contribution in [0.3, 0.4) is 0 Å². The fraction of sp³-hybridized carbons (Fsp3) is 0.750. The van der Waals surface area contributed by atoms with Crippen LogP contribution < -0.4 is 0 Å². The van der Waals surface area contributed by atoms with Gasteiger partial charge in [0.1, 0.15) is 6.10 Å². The topological polar surface area (TPSA) is 83.8 Å². The molecule has 0 saturated heterocycles. The number of halogens is 2. The van der Waals surface area contributed by atoms with Gasteiger partial charge in [0, 0.05) is 0 Å². The molecule has 0 saturated carbocycles. The van der Waals surface area contributed by atoms with Gasteiger partial charge in [-0.05, 0) is 6.42 Å². The molecule has 0 aliphatic carbocycles. The van der Waals surface area contributed by atoms with E-state index in [0.29, 0.717) is 6.42 Å². The molecule has 15 heavy (non-hydrogen) atoms. The summed E-state index contributed by atoms with van der Waals surface area (Å²) in [7, 11) is 0. The first-order chi connectivity index (χ1) is 6.91. The Morgan fingerprint density at radius 1 is 1.40 bits per heavy atom. The Morgan fingerprint density at radius 3 is 2.27 bits per heavy atom. The third-order valence-electron chi connectivity index (χ3n) is 1.57. The Balaban J connectivity index is 4.52. The van der Waals surface area contributed by atoms with Gasteiger partial charge in [-0.15, -0.1) is 0 Å². The third kappa shape index (κ3) is 4.20. The number of ether oxygens (including phenoxy) is 1. The summed E-state index contributed by atoms with van der Waals surface area (Å²) in [6, 6.07) is 0. The highest BCUT2D eigenvalue weighted by molar-refractivity contribution is 5.94. The molecule has 0 aromatic rings. The average Bonchev–Trinajstić information content (AvgIpc) is 2.14. The number of carboxylic acid groups (broad SMARTS) is 1. The average molecular weight is 226 g/mol. The Bertz CT molecular complexity index is 231. The van der Waals surface area contributed by atoms with Crippen molar-refractivity contribution in [3.05, 3.63) is 0 Å². The molecule has 0 bridgehead atoms. The molecule has 5 nitrogen and oxygen atoms in total. The van der Waals surface area contributed by atoms with Crippen LogP contribution in [-0.4, -0.2) is 41.3 Å². The largest absolute Gasteiger partial charge is 0.481 e. The van der Waals surface area contributed by atoms with Gasteiger partial charge in [0.05, 0.1) is 6.61 Å². The summed E-state index contributed by atoms with van der Waals surface area (Å²) in [6.07, 6.45) is -5.42. The van der Waals surface area contributed by atoms with Crippen molar-refractivity contribution in [3.8, 4) is 0 Å². The second-order valence-corrected chi connectivity index (χ2v) is 2.81. The first kappa shape index (κ1) is 13.8. The van der Waals surface area contributed by atoms with Gasteiger partial charge in [-0.25, -0.2) is 8.78 Å². The molecule has 0 heterocycles. The van der Waals surface area contributed by atoms with Crippen LogP contribution in [0.15, 0.2) is 0 Å². The SMILES string of the molecule is CCCOC(=O)C(C(=O)O)C(O)C(F)F. The Morgan fingerprint density at radius 2 is 1.93 bits per heavy atom. The minimum Gasteiger partial charge on any atom is -0.481 e. The number of carboxylic acids is 1. The molecule has 0 aliphatic heterocycles. The molecule has 2 unspecified atom stereocenters. The molecule has 88 valence electrons. The van der Waals surface area contributed by atoms with E-state index < -0.39 is 30.4 Å². The van der Waals surface area contributed by atoms with Gasteiger partial charge in [-0.3, -0.25) is 9.59 Å². The fourth-order valence-corrected chi connectivity index (χ4v) is 0.824. The van der Waals surface area contributed by atoms with E-state index >= 15 is 0 Å². The first-order valence-corrected chi connectivity index (χ1v) is 4.27. The van der Waals surface area contributed by atoms with Crippen LogP contribution in [0.4, 0.5) is 8.78 Å². The number of aliphatic carboxylic acids is 1. The van der Waals surface area contributed by atoms with E-state index in [9.17, 15) is 18.4 Å². The molecular formula is C8H12F2O5. The highest BCUT2D eigenvalue weighted by atomic mass is 19.3. The van der Waals surface area contributed by atoms with Crippen molar-refractivity contribution in [1.82, 2.24) is 0 Å². The minimum atomic E-state index is -3.31. The van der Waals surface area contributed by atoms with Gasteiger partial charge in [0.25, 0.3) is 6.43 Å². The summed E-state index contributed by atoms with van der Waals surface area (Å²) in [5, 5.41) is 17.3. The van der Waals surface area contributed by atoms with Gasteiger partial charge < -0.3 is 14.9 Å². The molecule has 7 heteroatoms. The van der Waals surface area contributed by atoms with Crippen molar-refractivity contribution in [2.45, 2.75) is 25.9 Å². The summed E-state index contributed by atoms with van der Waals surface area (Å²) < 4.78 is 28.4. The van der Waals surface area contributed by atoms with Crippen LogP contribution in [0.1, 0.15) is 13.3 Å². The summed E-state index contributed by atoms with van der Waals surface area (Å²) >= 11 is 0. The van der Waals surface area contributed by atoms with Crippen LogP contribution in [0, 0.1) is 5.92 Å². The zero-order chi connectivity index (χ0) is 12.0. The number of carbonyl (C=O) groups is 2. The Kier molecular flexibility index (Phi) is 5.76. The van der Waals surface area contributed by atoms with Crippen LogP contribution in [0.2, 0.25) is 0 Å². The van der Waals surface area contributed by atoms with E-state index in [1.165, 1.54) is 0 Å². The number of aliphatic hydroxyl groups is 1. The highest BCUT2D eigenvalue weighted by Gasteiger charge is 2.40. The molecule has 0 rings (SSSR count). The molecule has 2 atom stereocenters. The van der Waals surface area contributed by atoms with E-state index in [4.69, 9.17) is 10.2 Å². The highest BCUT2D eigenvalue weighted by Crippen LogP contribution is 2.14. The lowest BCUT2D eigenvalue weighted by molar-refractivity contribution is -0.169. The minimum absolute atomic E-state index is 0.0709. The number of aliphatic hydroxyl groups excluding tert-OH is 1. The zero-order valence-corrected chi connectivity index (χ0v) is 8.02. The van der Waals surface area contributed by atoms with Crippen LogP contribution >= 0.6 is 0 Å². The standard InChI is InChI=1S/C8H12F2O5/c1-2-3-15-8(14)4(7(12)13)5(11)6(9)10/h4-6,11H,2-3H2,1H3,(H,12,13). The zero-order valence-electron chi connectivity index (χ0n) is 8.02. The van der Waals surface area contributed by atoms with E-state index in [0.717, 1.165) is 0 Å². The van der Waals surface area contributed by atoms with E-state index in [2.05, 4.69) is 4.74 Å². The molecule has 2 N–H and O–H groups in total. The van der Waals surface area contributed by atoms with Crippen molar-refractivity contribution in [1.29, 1.82) is 0 Å². The first-order valence-electron chi connectivity index (χ1n) is 4.27. The molecule has 0 aliphatic rings. The van der Waals surface area contributed by atoms with Gasteiger partial charge in [-0.2, -0.15) is 0 Å². The quantitative estimate of drug-likeness (QED) is 0.501. The predicted octanol–water partition coefficient (Wildman–Crippen LogP) is 0.266. The van der Waals surface area contributed by atoms with Gasteiger partial charge >= 0.3 is 11.9 Å². The molecule has 0 aromatic heterocycles. The molecule has 0 amide bonds. The third-order valence-corrected chi connectivity index (χ3v) is 1.57. The summed E-state index contributed by atoms with van der Waals surface area (Å²) in [6.45, 7) is 1.59. The number of rotatable bonds is 6. The summed E-state index contributed by atoms with van der Waals surface area (Å²) in [5.41, 5.74) is 0. The van der Waals surface area contributed by atoms with E-state index in [1.807, 2.05) is 0 Å². The van der Waals surface area contributed by atoms with Crippen LogP contribution in [-0.2, 0) is 14.3 Å². The number of carbonyl (C=O) groups excluding carboxylic acids is 1. The maximum atomic E-state index is 12.0. The Labute approximate surface area is 84.6 Å². The van der Waals surface area contributed by atoms with E-state index in [1.54, 1.807) is 6.92 Å². The number of hydrogen-bond acceptors (Lipinski definition) is 4. The maximum Gasteiger partial charge on any atom is 0.323 e. The van der Waals surface area contributed by atoms with Gasteiger partial charge in [0.2, 0.25) is 0 Å². The molecule has 0 radical (unpaired) electrons. The van der Waals surface area contributed by atoms with Gasteiger partial charge in [-0.1, -0.05) is 6.92 Å². The fourth-order valence-electron chi connectivity index (χ4n) is 0.824. The molecular weight excluding hydrogens is 214 g/mol. The monoisotopic (exact) mass is 226 g/mol. The predicted molar refractivity (Wildman–Crippen MR) is 44.4 cm³/mol. The Hall–Kier alpha value is -1.24. The lowest BCUT2D eigenvalue weighted by Crippen LogP contribution is -2.40. The van der Waals surface area contributed by atoms with Crippen molar-refractivity contribution in [2.24, 2.45) is 5.92 Å². The summed E-state index contributed by atoms with van der Waals surface area (Å²) in [4.78, 5) is 21.4. The van der Waals surface area contributed by atoms with Crippen molar-refractivity contribution in [2.75, 3.05) is 6.61 Å². The number of alkyl halides is 2. The molecule has 0 spiro atoms. The summed E-state index contributed by atoms with van der Waals surface area (Å²) in [5.74, 6) is -5.42. The molecule has 0 aromatic carbocycles. The van der Waals surface area contributed by atoms with Crippen LogP contribution in [0.25, 0.3) is 0 Å². The second kappa shape index (κ2) is 6.28. The van der Waals surface area contributed by atoms with Crippen LogP contribution in [0.5, 0.6) is 0 Å². The maximum absolute atomic E-state index is 12.0. The van der Waals surface area contributed by atoms with Crippen molar-refractivity contribution in [3.63, 3.8) is 0 Å². The normalized spacial score (nSPS) is 14.7. The smallest absolute Gasteiger partial charge is 0.323 e.